The number of benzene rings is 2. The van der Waals surface area contributed by atoms with Crippen LogP contribution in [0.15, 0.2) is 53.3 Å². The van der Waals surface area contributed by atoms with E-state index in [2.05, 4.69) is 5.10 Å². The Bertz CT molecular complexity index is 1130. The highest BCUT2D eigenvalue weighted by Crippen LogP contribution is 2.29. The van der Waals surface area contributed by atoms with Gasteiger partial charge in [0.25, 0.3) is 5.56 Å². The third-order valence-electron chi connectivity index (χ3n) is 5.03. The summed E-state index contributed by atoms with van der Waals surface area (Å²) >= 11 is 0. The molecule has 0 saturated heterocycles. The Balaban J connectivity index is 1.88. The molecule has 0 spiro atoms. The minimum absolute atomic E-state index is 0.00832. The number of hydrogen-bond acceptors (Lipinski definition) is 4. The molecule has 1 heterocycles. The van der Waals surface area contributed by atoms with Crippen LogP contribution in [0.5, 0.6) is 5.75 Å². The number of aryl methyl sites for hydroxylation is 2. The van der Waals surface area contributed by atoms with E-state index in [9.17, 15) is 23.1 Å². The molecule has 1 atom stereocenters. The Morgan fingerprint density at radius 3 is 2.35 bits per heavy atom. The largest absolute Gasteiger partial charge is 0.490 e. The second-order valence-corrected chi connectivity index (χ2v) is 7.41. The summed E-state index contributed by atoms with van der Waals surface area (Å²) in [4.78, 5) is 12.4. The molecule has 0 radical (unpaired) electrons. The number of aromatic nitrogens is 2. The second-order valence-electron chi connectivity index (χ2n) is 7.41. The van der Waals surface area contributed by atoms with Gasteiger partial charge in [0, 0.05) is 5.56 Å². The minimum atomic E-state index is -4.84. The highest BCUT2D eigenvalue weighted by atomic mass is 19.4. The van der Waals surface area contributed by atoms with Gasteiger partial charge in [-0.2, -0.15) is 18.3 Å². The maximum Gasteiger partial charge on any atom is 0.421 e. The fraction of sp³-hybridized carbons (Fsp3) is 0.304. The first-order chi connectivity index (χ1) is 14.6. The van der Waals surface area contributed by atoms with Gasteiger partial charge in [0.05, 0.1) is 12.2 Å². The van der Waals surface area contributed by atoms with E-state index in [-0.39, 0.29) is 12.3 Å². The summed E-state index contributed by atoms with van der Waals surface area (Å²) in [6, 6.07) is 12.8. The number of ether oxygens (including phenoxy) is 1. The van der Waals surface area contributed by atoms with Crippen molar-refractivity contribution < 1.29 is 23.0 Å². The summed E-state index contributed by atoms with van der Waals surface area (Å²) < 4.78 is 46.7. The van der Waals surface area contributed by atoms with E-state index in [1.165, 1.54) is 0 Å². The maximum atomic E-state index is 13.4. The van der Waals surface area contributed by atoms with Crippen molar-refractivity contribution in [3.05, 3.63) is 81.1 Å². The molecule has 0 aliphatic rings. The van der Waals surface area contributed by atoms with Crippen LogP contribution < -0.4 is 10.3 Å². The van der Waals surface area contributed by atoms with Gasteiger partial charge in [-0.25, -0.2) is 4.68 Å². The fourth-order valence-corrected chi connectivity index (χ4v) is 3.20. The van der Waals surface area contributed by atoms with Crippen LogP contribution in [0.1, 0.15) is 22.3 Å². The number of hydrogen-bond donors (Lipinski definition) is 1. The van der Waals surface area contributed by atoms with Crippen LogP contribution in [-0.4, -0.2) is 27.6 Å². The lowest BCUT2D eigenvalue weighted by molar-refractivity contribution is -0.139. The van der Waals surface area contributed by atoms with E-state index < -0.39 is 29.9 Å². The minimum Gasteiger partial charge on any atom is -0.490 e. The summed E-state index contributed by atoms with van der Waals surface area (Å²) in [5.41, 5.74) is 0.570. The quantitative estimate of drug-likeness (QED) is 0.631. The zero-order chi connectivity index (χ0) is 22.8. The van der Waals surface area contributed by atoms with E-state index in [1.54, 1.807) is 30.3 Å². The van der Waals surface area contributed by atoms with Gasteiger partial charge in [0.15, 0.2) is 0 Å². The molecular formula is C23H23F3N2O3. The standard InChI is InChI=1S/C23H23F3N2O3/c1-14-9-10-15(2)21(16(14)3)31-13-18(29)12-28-22(30)19(23(24,25)26)11-20(27-28)17-7-5-4-6-8-17/h4-11,18,29H,12-13H2,1-3H3. The Morgan fingerprint density at radius 2 is 1.71 bits per heavy atom. The van der Waals surface area contributed by atoms with Crippen molar-refractivity contribution in [3.63, 3.8) is 0 Å². The molecule has 0 saturated carbocycles. The van der Waals surface area contributed by atoms with Crippen molar-refractivity contribution in [2.75, 3.05) is 6.61 Å². The summed E-state index contributed by atoms with van der Waals surface area (Å²) in [6.07, 6.45) is -6.08. The predicted octanol–water partition coefficient (Wildman–Crippen LogP) is 4.29. The third-order valence-corrected chi connectivity index (χ3v) is 5.03. The number of aliphatic hydroxyl groups is 1. The van der Waals surface area contributed by atoms with Crippen molar-refractivity contribution >= 4 is 0 Å². The average molecular weight is 432 g/mol. The molecule has 1 aromatic heterocycles. The summed E-state index contributed by atoms with van der Waals surface area (Å²) in [7, 11) is 0. The van der Waals surface area contributed by atoms with Crippen LogP contribution in [0.25, 0.3) is 11.3 Å². The average Bonchev–Trinajstić information content (AvgIpc) is 2.72. The lowest BCUT2D eigenvalue weighted by atomic mass is 10.1. The van der Waals surface area contributed by atoms with E-state index in [1.807, 2.05) is 32.9 Å². The van der Waals surface area contributed by atoms with Crippen LogP contribution in [0.2, 0.25) is 0 Å². The van der Waals surface area contributed by atoms with Gasteiger partial charge in [-0.15, -0.1) is 0 Å². The van der Waals surface area contributed by atoms with Gasteiger partial charge in [-0.05, 0) is 43.5 Å². The number of rotatable bonds is 6. The van der Waals surface area contributed by atoms with Gasteiger partial charge in [0.2, 0.25) is 0 Å². The molecule has 3 rings (SSSR count). The predicted molar refractivity (Wildman–Crippen MR) is 111 cm³/mol. The van der Waals surface area contributed by atoms with Gasteiger partial charge >= 0.3 is 6.18 Å². The zero-order valence-corrected chi connectivity index (χ0v) is 17.4. The van der Waals surface area contributed by atoms with Gasteiger partial charge in [-0.3, -0.25) is 4.79 Å². The first-order valence-corrected chi connectivity index (χ1v) is 9.70. The van der Waals surface area contributed by atoms with E-state index in [0.29, 0.717) is 16.0 Å². The number of alkyl halides is 3. The van der Waals surface area contributed by atoms with Crippen molar-refractivity contribution in [3.8, 4) is 17.0 Å². The first-order valence-electron chi connectivity index (χ1n) is 9.70. The lowest BCUT2D eigenvalue weighted by Crippen LogP contribution is -2.36. The van der Waals surface area contributed by atoms with Crippen LogP contribution in [0, 0.1) is 20.8 Å². The maximum absolute atomic E-state index is 13.4. The lowest BCUT2D eigenvalue weighted by Gasteiger charge is -2.18. The molecule has 164 valence electrons. The number of nitrogens with zero attached hydrogens (tertiary/aromatic N) is 2. The van der Waals surface area contributed by atoms with Gasteiger partial charge in [0.1, 0.15) is 24.0 Å². The molecule has 2 aromatic carbocycles. The van der Waals surface area contributed by atoms with E-state index in [4.69, 9.17) is 4.74 Å². The molecule has 3 aromatic rings. The normalized spacial score (nSPS) is 12.6. The molecule has 1 unspecified atom stereocenters. The van der Waals surface area contributed by atoms with Crippen LogP contribution in [0.4, 0.5) is 13.2 Å². The molecule has 0 amide bonds. The number of aliphatic hydroxyl groups excluding tert-OH is 1. The monoisotopic (exact) mass is 432 g/mol. The molecule has 31 heavy (non-hydrogen) atoms. The molecule has 0 aliphatic heterocycles. The highest BCUT2D eigenvalue weighted by molar-refractivity contribution is 5.59. The SMILES string of the molecule is Cc1ccc(C)c(OCC(O)Cn2nc(-c3ccccc3)cc(C(F)(F)F)c2=O)c1C. The first kappa shape index (κ1) is 22.6. The molecule has 5 nitrogen and oxygen atoms in total. The van der Waals surface area contributed by atoms with Crippen molar-refractivity contribution in [2.24, 2.45) is 0 Å². The second kappa shape index (κ2) is 8.93. The summed E-state index contributed by atoms with van der Waals surface area (Å²) in [6.45, 7) is 5.03. The van der Waals surface area contributed by atoms with Gasteiger partial charge < -0.3 is 9.84 Å². The summed E-state index contributed by atoms with van der Waals surface area (Å²) in [5, 5.41) is 14.4. The molecule has 8 heteroatoms. The molecular weight excluding hydrogens is 409 g/mol. The van der Waals surface area contributed by atoms with Gasteiger partial charge in [-0.1, -0.05) is 42.5 Å². The fourth-order valence-electron chi connectivity index (χ4n) is 3.20. The van der Waals surface area contributed by atoms with Crippen molar-refractivity contribution in [1.29, 1.82) is 0 Å². The molecule has 0 fully saturated rings. The van der Waals surface area contributed by atoms with E-state index >= 15 is 0 Å². The Morgan fingerprint density at radius 1 is 1.06 bits per heavy atom. The van der Waals surface area contributed by atoms with Crippen molar-refractivity contribution in [2.45, 2.75) is 39.6 Å². The third kappa shape index (κ3) is 5.14. The summed E-state index contributed by atoms with van der Waals surface area (Å²) in [5.74, 6) is 0.605. The topological polar surface area (TPSA) is 64.3 Å². The number of halogens is 3. The van der Waals surface area contributed by atoms with Crippen molar-refractivity contribution in [1.82, 2.24) is 9.78 Å². The Hall–Kier alpha value is -3.13. The van der Waals surface area contributed by atoms with E-state index in [0.717, 1.165) is 22.8 Å². The molecule has 0 bridgehead atoms. The van der Waals surface area contributed by atoms with Crippen LogP contribution in [-0.2, 0) is 12.7 Å². The highest BCUT2D eigenvalue weighted by Gasteiger charge is 2.35. The Labute approximate surface area is 177 Å². The van der Waals surface area contributed by atoms with Crippen LogP contribution in [0.3, 0.4) is 0 Å². The molecule has 0 aliphatic carbocycles. The zero-order valence-electron chi connectivity index (χ0n) is 17.4. The van der Waals surface area contributed by atoms with Crippen LogP contribution >= 0.6 is 0 Å². The Kier molecular flexibility index (Phi) is 6.50. The molecule has 1 N–H and O–H groups in total. The smallest absolute Gasteiger partial charge is 0.421 e.